The van der Waals surface area contributed by atoms with E-state index in [2.05, 4.69) is 5.32 Å². The predicted molar refractivity (Wildman–Crippen MR) is 73.2 cm³/mol. The van der Waals surface area contributed by atoms with Gasteiger partial charge < -0.3 is 5.32 Å². The number of halogens is 4. The van der Waals surface area contributed by atoms with E-state index in [0.29, 0.717) is 16.9 Å². The number of rotatable bonds is 4. The Morgan fingerprint density at radius 1 is 1.20 bits per heavy atom. The first-order valence-corrected chi connectivity index (χ1v) is 7.69. The van der Waals surface area contributed by atoms with Crippen molar-refractivity contribution in [1.82, 2.24) is 5.32 Å². The number of hydrogen-bond acceptors (Lipinski definition) is 2. The van der Waals surface area contributed by atoms with Gasteiger partial charge in [0.1, 0.15) is 5.82 Å². The first-order chi connectivity index (χ1) is 9.45. The number of alkyl halides is 3. The number of benzene rings is 1. The zero-order valence-electron chi connectivity index (χ0n) is 11.0. The molecule has 112 valence electrons. The Bertz CT molecular complexity index is 441. The molecule has 0 aliphatic carbocycles. The summed E-state index contributed by atoms with van der Waals surface area (Å²) in [5.74, 6) is 0.300. The number of hydrogen-bond donors (Lipinski definition) is 1. The average Bonchev–Trinajstić information content (AvgIpc) is 2.38. The van der Waals surface area contributed by atoms with Gasteiger partial charge in [-0.1, -0.05) is 6.42 Å². The van der Waals surface area contributed by atoms with E-state index in [9.17, 15) is 17.6 Å². The largest absolute Gasteiger partial charge is 0.416 e. The summed E-state index contributed by atoms with van der Waals surface area (Å²) in [6, 6.07) is 2.68. The van der Waals surface area contributed by atoms with Crippen LogP contribution in [-0.4, -0.2) is 17.5 Å². The van der Waals surface area contributed by atoms with Crippen molar-refractivity contribution in [2.45, 2.75) is 37.2 Å². The standard InChI is InChI=1S/C14H17F4NS/c15-12-6-10(5-11(7-12)14(16,17)18)8-19-9-13-3-1-2-4-20-13/h5-7,13,19H,1-4,8-9H2. The van der Waals surface area contributed by atoms with Crippen LogP contribution < -0.4 is 5.32 Å². The summed E-state index contributed by atoms with van der Waals surface area (Å²) in [5, 5.41) is 3.64. The molecule has 1 aliphatic heterocycles. The van der Waals surface area contributed by atoms with Crippen molar-refractivity contribution in [3.8, 4) is 0 Å². The van der Waals surface area contributed by atoms with Crippen molar-refractivity contribution in [2.75, 3.05) is 12.3 Å². The molecule has 1 unspecified atom stereocenters. The molecule has 0 radical (unpaired) electrons. The molecule has 1 N–H and O–H groups in total. The van der Waals surface area contributed by atoms with Gasteiger partial charge in [0.25, 0.3) is 0 Å². The van der Waals surface area contributed by atoms with Gasteiger partial charge >= 0.3 is 6.18 Å². The second-order valence-corrected chi connectivity index (χ2v) is 6.37. The van der Waals surface area contributed by atoms with Crippen LogP contribution in [-0.2, 0) is 12.7 Å². The summed E-state index contributed by atoms with van der Waals surface area (Å²) in [6.07, 6.45) is -0.928. The minimum atomic E-state index is -4.50. The van der Waals surface area contributed by atoms with Crippen molar-refractivity contribution < 1.29 is 17.6 Å². The van der Waals surface area contributed by atoms with Crippen molar-refractivity contribution in [3.63, 3.8) is 0 Å². The molecule has 1 fully saturated rings. The van der Waals surface area contributed by atoms with E-state index < -0.39 is 17.6 Å². The highest BCUT2D eigenvalue weighted by Crippen LogP contribution is 2.30. The maximum Gasteiger partial charge on any atom is 0.416 e. The predicted octanol–water partition coefficient (Wildman–Crippen LogP) is 4.22. The highest BCUT2D eigenvalue weighted by Gasteiger charge is 2.31. The van der Waals surface area contributed by atoms with Crippen molar-refractivity contribution in [2.24, 2.45) is 0 Å². The number of thioether (sulfide) groups is 1. The van der Waals surface area contributed by atoms with Crippen molar-refractivity contribution >= 4 is 11.8 Å². The molecule has 1 heterocycles. The molecule has 20 heavy (non-hydrogen) atoms. The lowest BCUT2D eigenvalue weighted by molar-refractivity contribution is -0.137. The van der Waals surface area contributed by atoms with Crippen LogP contribution in [0.4, 0.5) is 17.6 Å². The molecule has 1 aliphatic rings. The van der Waals surface area contributed by atoms with Gasteiger partial charge in [-0.3, -0.25) is 0 Å². The SMILES string of the molecule is Fc1cc(CNCC2CCCCS2)cc(C(F)(F)F)c1. The van der Waals surface area contributed by atoms with Crippen LogP contribution in [0.15, 0.2) is 18.2 Å². The lowest BCUT2D eigenvalue weighted by Gasteiger charge is -2.21. The van der Waals surface area contributed by atoms with Crippen LogP contribution in [0.2, 0.25) is 0 Å². The van der Waals surface area contributed by atoms with Gasteiger partial charge in [0.15, 0.2) is 0 Å². The zero-order chi connectivity index (χ0) is 14.6. The topological polar surface area (TPSA) is 12.0 Å². The smallest absolute Gasteiger partial charge is 0.312 e. The molecule has 1 nitrogen and oxygen atoms in total. The maximum absolute atomic E-state index is 13.2. The molecule has 1 aromatic rings. The van der Waals surface area contributed by atoms with E-state index in [1.807, 2.05) is 11.8 Å². The Balaban J connectivity index is 1.90. The minimum Gasteiger partial charge on any atom is -0.312 e. The maximum atomic E-state index is 13.2. The molecule has 0 spiro atoms. The highest BCUT2D eigenvalue weighted by molar-refractivity contribution is 7.99. The summed E-state index contributed by atoms with van der Waals surface area (Å²) in [6.45, 7) is 1.01. The minimum absolute atomic E-state index is 0.262. The third kappa shape index (κ3) is 4.66. The fourth-order valence-corrected chi connectivity index (χ4v) is 3.54. The Morgan fingerprint density at radius 3 is 2.65 bits per heavy atom. The average molecular weight is 307 g/mol. The Labute approximate surface area is 120 Å². The molecule has 0 amide bonds. The first kappa shape index (κ1) is 15.6. The van der Waals surface area contributed by atoms with Gasteiger partial charge in [-0.15, -0.1) is 0 Å². The van der Waals surface area contributed by atoms with Crippen LogP contribution in [0, 0.1) is 5.82 Å². The molecule has 6 heteroatoms. The van der Waals surface area contributed by atoms with Gasteiger partial charge in [0, 0.05) is 18.3 Å². The van der Waals surface area contributed by atoms with E-state index >= 15 is 0 Å². The quantitative estimate of drug-likeness (QED) is 0.836. The summed E-state index contributed by atoms with van der Waals surface area (Å²) < 4.78 is 50.9. The fraction of sp³-hybridized carbons (Fsp3) is 0.571. The third-order valence-electron chi connectivity index (χ3n) is 3.26. The molecule has 0 bridgehead atoms. The van der Waals surface area contributed by atoms with E-state index in [1.54, 1.807) is 0 Å². The zero-order valence-corrected chi connectivity index (χ0v) is 11.8. The molecule has 2 rings (SSSR count). The molecule has 1 saturated heterocycles. The fourth-order valence-electron chi connectivity index (χ4n) is 2.26. The van der Waals surface area contributed by atoms with E-state index in [4.69, 9.17) is 0 Å². The Kier molecular flexibility index (Phi) is 5.32. The second kappa shape index (κ2) is 6.80. The Morgan fingerprint density at radius 2 is 2.00 bits per heavy atom. The van der Waals surface area contributed by atoms with E-state index in [1.165, 1.54) is 12.8 Å². The lowest BCUT2D eigenvalue weighted by Crippen LogP contribution is -2.26. The summed E-state index contributed by atoms with van der Waals surface area (Å²) in [4.78, 5) is 0. The van der Waals surface area contributed by atoms with Gasteiger partial charge in [0.2, 0.25) is 0 Å². The first-order valence-electron chi connectivity index (χ1n) is 6.64. The van der Waals surface area contributed by atoms with Crippen LogP contribution >= 0.6 is 11.8 Å². The molecule has 1 aromatic carbocycles. The lowest BCUT2D eigenvalue weighted by atomic mass is 10.1. The molecule has 0 saturated carbocycles. The molecule has 1 atom stereocenters. The van der Waals surface area contributed by atoms with Crippen LogP contribution in [0.25, 0.3) is 0 Å². The van der Waals surface area contributed by atoms with E-state index in [-0.39, 0.29) is 6.54 Å². The van der Waals surface area contributed by atoms with Gasteiger partial charge in [-0.25, -0.2) is 4.39 Å². The monoisotopic (exact) mass is 307 g/mol. The third-order valence-corrected chi connectivity index (χ3v) is 4.66. The normalized spacial score (nSPS) is 20.1. The van der Waals surface area contributed by atoms with Crippen molar-refractivity contribution in [1.29, 1.82) is 0 Å². The van der Waals surface area contributed by atoms with Gasteiger partial charge in [-0.2, -0.15) is 24.9 Å². The second-order valence-electron chi connectivity index (χ2n) is 4.97. The summed E-state index contributed by atoms with van der Waals surface area (Å²) in [7, 11) is 0. The highest BCUT2D eigenvalue weighted by atomic mass is 32.2. The van der Waals surface area contributed by atoms with E-state index in [0.717, 1.165) is 30.9 Å². The summed E-state index contributed by atoms with van der Waals surface area (Å²) in [5.41, 5.74) is -0.598. The molecule has 0 aromatic heterocycles. The van der Waals surface area contributed by atoms with Crippen molar-refractivity contribution in [3.05, 3.63) is 35.1 Å². The Hall–Kier alpha value is -0.750. The van der Waals surface area contributed by atoms with Gasteiger partial charge in [-0.05, 0) is 42.4 Å². The molecular formula is C14H17F4NS. The number of nitrogens with one attached hydrogen (secondary N) is 1. The van der Waals surface area contributed by atoms with Crippen LogP contribution in [0.5, 0.6) is 0 Å². The van der Waals surface area contributed by atoms with Crippen LogP contribution in [0.1, 0.15) is 30.4 Å². The summed E-state index contributed by atoms with van der Waals surface area (Å²) >= 11 is 1.89. The van der Waals surface area contributed by atoms with Gasteiger partial charge in [0.05, 0.1) is 5.56 Å². The molecular weight excluding hydrogens is 290 g/mol. The van der Waals surface area contributed by atoms with Crippen LogP contribution in [0.3, 0.4) is 0 Å².